The molecule has 0 aliphatic heterocycles. The van der Waals surface area contributed by atoms with Crippen LogP contribution in [-0.2, 0) is 0 Å². The minimum Gasteiger partial charge on any atom is -0.248 e. The molecule has 0 amide bonds. The van der Waals surface area contributed by atoms with Gasteiger partial charge in [-0.15, -0.1) is 5.92 Å². The summed E-state index contributed by atoms with van der Waals surface area (Å²) < 4.78 is 0.842. The highest BCUT2D eigenvalue weighted by Gasteiger charge is 1.86. The minimum atomic E-state index is 0.842. The Bertz CT molecular complexity index is 266. The maximum absolute atomic E-state index is 4.01. The lowest BCUT2D eigenvalue weighted by Crippen LogP contribution is -1.76. The number of nitrogens with zero attached hydrogens (tertiary/aromatic N) is 1. The van der Waals surface area contributed by atoms with Gasteiger partial charge in [0.1, 0.15) is 4.60 Å². The third-order valence-corrected chi connectivity index (χ3v) is 1.47. The van der Waals surface area contributed by atoms with Crippen LogP contribution in [0.2, 0.25) is 0 Å². The molecule has 0 unspecified atom stereocenters. The molecule has 1 nitrogen and oxygen atoms in total. The molecule has 1 aromatic rings. The summed E-state index contributed by atoms with van der Waals surface area (Å²) in [5.41, 5.74) is 0.950. The van der Waals surface area contributed by atoms with Gasteiger partial charge in [0, 0.05) is 11.8 Å². The molecule has 0 aliphatic carbocycles. The molecule has 0 bridgehead atoms. The summed E-state index contributed by atoms with van der Waals surface area (Å²) in [6.07, 6.45) is 1.74. The van der Waals surface area contributed by atoms with Crippen LogP contribution in [0.25, 0.3) is 0 Å². The van der Waals surface area contributed by atoms with Crippen molar-refractivity contribution in [3.05, 3.63) is 28.5 Å². The van der Waals surface area contributed by atoms with Gasteiger partial charge in [-0.3, -0.25) is 0 Å². The zero-order valence-electron chi connectivity index (χ0n) is 5.56. The predicted molar refractivity (Wildman–Crippen MR) is 44.5 cm³/mol. The number of rotatable bonds is 0. The van der Waals surface area contributed by atoms with Crippen LogP contribution in [0.5, 0.6) is 0 Å². The number of halogens is 1. The predicted octanol–water partition coefficient (Wildman–Crippen LogP) is 2.22. The van der Waals surface area contributed by atoms with Crippen LogP contribution in [0.4, 0.5) is 0 Å². The van der Waals surface area contributed by atoms with Crippen molar-refractivity contribution in [2.75, 3.05) is 0 Å². The van der Waals surface area contributed by atoms with E-state index in [9.17, 15) is 0 Å². The van der Waals surface area contributed by atoms with Crippen LogP contribution in [0, 0.1) is 11.8 Å². The SMILES string of the molecule is CC#Cc1ccc(Br)nc1. The Balaban J connectivity index is 2.97. The Morgan fingerprint density at radius 1 is 1.50 bits per heavy atom. The van der Waals surface area contributed by atoms with Gasteiger partial charge in [-0.1, -0.05) is 5.92 Å². The van der Waals surface area contributed by atoms with Gasteiger partial charge in [-0.05, 0) is 35.0 Å². The molecular weight excluding hydrogens is 190 g/mol. The van der Waals surface area contributed by atoms with Gasteiger partial charge in [0.05, 0.1) is 0 Å². The highest BCUT2D eigenvalue weighted by molar-refractivity contribution is 9.10. The van der Waals surface area contributed by atoms with E-state index in [-0.39, 0.29) is 0 Å². The summed E-state index contributed by atoms with van der Waals surface area (Å²) in [6, 6.07) is 3.80. The van der Waals surface area contributed by atoms with Crippen LogP contribution in [0.15, 0.2) is 22.9 Å². The second-order valence-electron chi connectivity index (χ2n) is 1.74. The minimum absolute atomic E-state index is 0.842. The molecule has 0 aromatic carbocycles. The van der Waals surface area contributed by atoms with E-state index in [2.05, 4.69) is 32.8 Å². The lowest BCUT2D eigenvalue weighted by atomic mass is 10.3. The molecule has 10 heavy (non-hydrogen) atoms. The number of hydrogen-bond donors (Lipinski definition) is 0. The fourth-order valence-electron chi connectivity index (χ4n) is 0.594. The number of hydrogen-bond acceptors (Lipinski definition) is 1. The maximum atomic E-state index is 4.01. The Labute approximate surface area is 68.6 Å². The van der Waals surface area contributed by atoms with E-state index in [0.29, 0.717) is 0 Å². The van der Waals surface area contributed by atoms with Crippen LogP contribution in [-0.4, -0.2) is 4.98 Å². The lowest BCUT2D eigenvalue weighted by molar-refractivity contribution is 1.26. The smallest absolute Gasteiger partial charge is 0.106 e. The van der Waals surface area contributed by atoms with Crippen LogP contribution < -0.4 is 0 Å². The van der Waals surface area contributed by atoms with Crippen molar-refractivity contribution in [3.8, 4) is 11.8 Å². The zero-order valence-corrected chi connectivity index (χ0v) is 7.14. The Kier molecular flexibility index (Phi) is 2.47. The molecule has 0 radical (unpaired) electrons. The van der Waals surface area contributed by atoms with Crippen molar-refractivity contribution >= 4 is 15.9 Å². The van der Waals surface area contributed by atoms with E-state index in [4.69, 9.17) is 0 Å². The van der Waals surface area contributed by atoms with E-state index in [0.717, 1.165) is 10.2 Å². The number of aromatic nitrogens is 1. The van der Waals surface area contributed by atoms with Crippen molar-refractivity contribution in [3.63, 3.8) is 0 Å². The standard InChI is InChI=1S/C8H6BrN/c1-2-3-7-4-5-8(9)10-6-7/h4-6H,1H3. The summed E-state index contributed by atoms with van der Waals surface area (Å²) >= 11 is 3.24. The summed E-state index contributed by atoms with van der Waals surface area (Å²) in [4.78, 5) is 4.01. The second-order valence-corrected chi connectivity index (χ2v) is 2.56. The van der Waals surface area contributed by atoms with E-state index in [1.54, 1.807) is 6.20 Å². The normalized spacial score (nSPS) is 8.20. The van der Waals surface area contributed by atoms with Gasteiger partial charge < -0.3 is 0 Å². The molecule has 0 N–H and O–H groups in total. The Morgan fingerprint density at radius 2 is 2.30 bits per heavy atom. The molecule has 1 aromatic heterocycles. The molecule has 0 aliphatic rings. The molecule has 50 valence electrons. The molecule has 0 spiro atoms. The first-order valence-corrected chi connectivity index (χ1v) is 3.66. The molecule has 0 atom stereocenters. The molecule has 2 heteroatoms. The highest BCUT2D eigenvalue weighted by atomic mass is 79.9. The highest BCUT2D eigenvalue weighted by Crippen LogP contribution is 2.04. The first kappa shape index (κ1) is 7.30. The average molecular weight is 196 g/mol. The van der Waals surface area contributed by atoms with E-state index < -0.39 is 0 Å². The van der Waals surface area contributed by atoms with Gasteiger partial charge in [-0.2, -0.15) is 0 Å². The quantitative estimate of drug-likeness (QED) is 0.458. The van der Waals surface area contributed by atoms with E-state index >= 15 is 0 Å². The summed E-state index contributed by atoms with van der Waals surface area (Å²) in [5, 5.41) is 0. The first-order chi connectivity index (χ1) is 4.83. The maximum Gasteiger partial charge on any atom is 0.106 e. The van der Waals surface area contributed by atoms with Crippen molar-refractivity contribution in [2.24, 2.45) is 0 Å². The Morgan fingerprint density at radius 3 is 2.80 bits per heavy atom. The van der Waals surface area contributed by atoms with Gasteiger partial charge in [0.2, 0.25) is 0 Å². The summed E-state index contributed by atoms with van der Waals surface area (Å²) in [6.45, 7) is 1.81. The lowest BCUT2D eigenvalue weighted by Gasteiger charge is -1.88. The third-order valence-electron chi connectivity index (χ3n) is 0.997. The average Bonchev–Trinajstić information content (AvgIpc) is 1.95. The van der Waals surface area contributed by atoms with Crippen molar-refractivity contribution in [2.45, 2.75) is 6.92 Å². The van der Waals surface area contributed by atoms with Gasteiger partial charge in [0.25, 0.3) is 0 Å². The van der Waals surface area contributed by atoms with E-state index in [1.165, 1.54) is 0 Å². The van der Waals surface area contributed by atoms with Gasteiger partial charge in [-0.25, -0.2) is 4.98 Å². The third kappa shape index (κ3) is 1.85. The van der Waals surface area contributed by atoms with Gasteiger partial charge >= 0.3 is 0 Å². The zero-order chi connectivity index (χ0) is 7.40. The van der Waals surface area contributed by atoms with E-state index in [1.807, 2.05) is 19.1 Å². The molecule has 0 saturated carbocycles. The number of pyridine rings is 1. The van der Waals surface area contributed by atoms with Crippen LogP contribution in [0.3, 0.4) is 0 Å². The molecule has 0 fully saturated rings. The molecule has 1 rings (SSSR count). The van der Waals surface area contributed by atoms with Gasteiger partial charge in [0.15, 0.2) is 0 Å². The van der Waals surface area contributed by atoms with Crippen molar-refractivity contribution < 1.29 is 0 Å². The summed E-state index contributed by atoms with van der Waals surface area (Å²) in [5.74, 6) is 5.70. The topological polar surface area (TPSA) is 12.9 Å². The fraction of sp³-hybridized carbons (Fsp3) is 0.125. The largest absolute Gasteiger partial charge is 0.248 e. The summed E-state index contributed by atoms with van der Waals surface area (Å²) in [7, 11) is 0. The monoisotopic (exact) mass is 195 g/mol. The second kappa shape index (κ2) is 3.38. The molecular formula is C8H6BrN. The van der Waals surface area contributed by atoms with Crippen LogP contribution in [0.1, 0.15) is 12.5 Å². The first-order valence-electron chi connectivity index (χ1n) is 2.87. The molecule has 0 saturated heterocycles. The van der Waals surface area contributed by atoms with Crippen LogP contribution >= 0.6 is 15.9 Å². The fourth-order valence-corrected chi connectivity index (χ4v) is 0.829. The Hall–Kier alpha value is -0.810. The van der Waals surface area contributed by atoms with Crippen molar-refractivity contribution in [1.29, 1.82) is 0 Å². The van der Waals surface area contributed by atoms with Crippen molar-refractivity contribution in [1.82, 2.24) is 4.98 Å². The molecule has 1 heterocycles.